The van der Waals surface area contributed by atoms with Gasteiger partial charge in [-0.3, -0.25) is 9.59 Å². The minimum atomic E-state index is -3.63. The maximum atomic E-state index is 13.1. The summed E-state index contributed by atoms with van der Waals surface area (Å²) < 4.78 is 27.1. The number of hydrogen-bond acceptors (Lipinski definition) is 4. The standard InChI is InChI=1S/C19H26N2O5S/c1-14-9-10-16(19(23)24)13-21(14)18(22)15-6-5-11-20(12-15)27(25,26)17-7-3-2-4-8-17/h2-4,7-8,14-16H,5-6,9-13H2,1H3,(H,23,24). The van der Waals surface area contributed by atoms with E-state index >= 15 is 0 Å². The number of carbonyl (C=O) groups is 2. The Hall–Kier alpha value is -1.93. The van der Waals surface area contributed by atoms with Crippen LogP contribution < -0.4 is 0 Å². The molecule has 1 aromatic carbocycles. The van der Waals surface area contributed by atoms with Crippen LogP contribution >= 0.6 is 0 Å². The lowest BCUT2D eigenvalue weighted by Gasteiger charge is -2.40. The molecule has 0 spiro atoms. The highest BCUT2D eigenvalue weighted by Crippen LogP contribution is 2.29. The molecule has 7 nitrogen and oxygen atoms in total. The van der Waals surface area contributed by atoms with Gasteiger partial charge in [-0.05, 0) is 44.7 Å². The first-order valence-electron chi connectivity index (χ1n) is 9.39. The predicted octanol–water partition coefficient (Wildman–Crippen LogP) is 1.80. The average Bonchev–Trinajstić information content (AvgIpc) is 2.68. The van der Waals surface area contributed by atoms with Crippen molar-refractivity contribution in [1.82, 2.24) is 9.21 Å². The van der Waals surface area contributed by atoms with Gasteiger partial charge in [0, 0.05) is 25.7 Å². The number of piperidine rings is 2. The summed E-state index contributed by atoms with van der Waals surface area (Å²) in [5.41, 5.74) is 0. The fourth-order valence-electron chi connectivity index (χ4n) is 3.95. The third-order valence-electron chi connectivity index (χ3n) is 5.63. The second-order valence-corrected chi connectivity index (χ2v) is 9.41. The number of hydrogen-bond donors (Lipinski definition) is 1. The van der Waals surface area contributed by atoms with Gasteiger partial charge in [0.25, 0.3) is 0 Å². The van der Waals surface area contributed by atoms with Crippen LogP contribution in [-0.2, 0) is 19.6 Å². The van der Waals surface area contributed by atoms with Gasteiger partial charge < -0.3 is 10.0 Å². The summed E-state index contributed by atoms with van der Waals surface area (Å²) in [6, 6.07) is 8.23. The second kappa shape index (κ2) is 7.98. The van der Waals surface area contributed by atoms with Crippen molar-refractivity contribution in [2.45, 2.75) is 43.5 Å². The molecule has 1 aromatic rings. The van der Waals surface area contributed by atoms with Crippen LogP contribution in [-0.4, -0.2) is 60.3 Å². The SMILES string of the molecule is CC1CCC(C(=O)O)CN1C(=O)C1CCCN(S(=O)(=O)c2ccccc2)C1. The van der Waals surface area contributed by atoms with Gasteiger partial charge in [0.1, 0.15) is 0 Å². The van der Waals surface area contributed by atoms with Crippen molar-refractivity contribution in [2.24, 2.45) is 11.8 Å². The Kier molecular flexibility index (Phi) is 5.86. The number of rotatable bonds is 4. The number of carboxylic acids is 1. The molecule has 3 atom stereocenters. The van der Waals surface area contributed by atoms with Crippen molar-refractivity contribution in [2.75, 3.05) is 19.6 Å². The Morgan fingerprint density at radius 2 is 1.74 bits per heavy atom. The van der Waals surface area contributed by atoms with E-state index in [1.807, 2.05) is 6.92 Å². The summed E-state index contributed by atoms with van der Waals surface area (Å²) in [7, 11) is -3.63. The van der Waals surface area contributed by atoms with Crippen LogP contribution in [0.3, 0.4) is 0 Å². The van der Waals surface area contributed by atoms with Crippen molar-refractivity contribution in [3.8, 4) is 0 Å². The molecule has 0 aliphatic carbocycles. The second-order valence-electron chi connectivity index (χ2n) is 7.47. The van der Waals surface area contributed by atoms with Gasteiger partial charge in [0.05, 0.1) is 16.7 Å². The molecule has 2 saturated heterocycles. The largest absolute Gasteiger partial charge is 0.481 e. The molecule has 1 N–H and O–H groups in total. The Balaban J connectivity index is 1.74. The smallest absolute Gasteiger partial charge is 0.308 e. The molecule has 2 heterocycles. The minimum absolute atomic E-state index is 0.0193. The van der Waals surface area contributed by atoms with Gasteiger partial charge in [0.2, 0.25) is 15.9 Å². The molecular weight excluding hydrogens is 368 g/mol. The number of benzene rings is 1. The van der Waals surface area contributed by atoms with E-state index in [2.05, 4.69) is 0 Å². The number of amides is 1. The molecule has 3 rings (SSSR count). The summed E-state index contributed by atoms with van der Waals surface area (Å²) >= 11 is 0. The van der Waals surface area contributed by atoms with Crippen molar-refractivity contribution in [3.05, 3.63) is 30.3 Å². The van der Waals surface area contributed by atoms with Gasteiger partial charge in [-0.1, -0.05) is 18.2 Å². The average molecular weight is 394 g/mol. The van der Waals surface area contributed by atoms with Crippen molar-refractivity contribution in [3.63, 3.8) is 0 Å². The van der Waals surface area contributed by atoms with E-state index in [9.17, 15) is 23.1 Å². The summed E-state index contributed by atoms with van der Waals surface area (Å²) in [4.78, 5) is 26.2. The van der Waals surface area contributed by atoms with Crippen molar-refractivity contribution in [1.29, 1.82) is 0 Å². The lowest BCUT2D eigenvalue weighted by atomic mass is 9.90. The van der Waals surface area contributed by atoms with E-state index in [0.29, 0.717) is 32.2 Å². The van der Waals surface area contributed by atoms with E-state index in [4.69, 9.17) is 0 Å². The highest BCUT2D eigenvalue weighted by molar-refractivity contribution is 7.89. The minimum Gasteiger partial charge on any atom is -0.481 e. The molecule has 0 radical (unpaired) electrons. The molecule has 0 saturated carbocycles. The lowest BCUT2D eigenvalue weighted by Crippen LogP contribution is -2.52. The third-order valence-corrected chi connectivity index (χ3v) is 7.51. The van der Waals surface area contributed by atoms with Gasteiger partial charge in [-0.2, -0.15) is 4.31 Å². The summed E-state index contributed by atoms with van der Waals surface area (Å²) in [5.74, 6) is -1.97. The van der Waals surface area contributed by atoms with E-state index in [1.54, 1.807) is 35.2 Å². The van der Waals surface area contributed by atoms with E-state index < -0.39 is 27.8 Å². The van der Waals surface area contributed by atoms with Gasteiger partial charge in [0.15, 0.2) is 0 Å². The fraction of sp³-hybridized carbons (Fsp3) is 0.579. The lowest BCUT2D eigenvalue weighted by molar-refractivity contribution is -0.149. The molecule has 2 aliphatic rings. The zero-order chi connectivity index (χ0) is 19.6. The molecule has 2 aliphatic heterocycles. The van der Waals surface area contributed by atoms with Crippen LogP contribution in [0.15, 0.2) is 35.2 Å². The van der Waals surface area contributed by atoms with E-state index in [1.165, 1.54) is 4.31 Å². The number of carbonyl (C=O) groups excluding carboxylic acids is 1. The molecule has 1 amide bonds. The van der Waals surface area contributed by atoms with Crippen LogP contribution in [0.25, 0.3) is 0 Å². The number of carboxylic acid groups (broad SMARTS) is 1. The highest BCUT2D eigenvalue weighted by atomic mass is 32.2. The van der Waals surface area contributed by atoms with Crippen LogP contribution in [0, 0.1) is 11.8 Å². The Morgan fingerprint density at radius 3 is 2.41 bits per heavy atom. The summed E-state index contributed by atoms with van der Waals surface area (Å²) in [5, 5.41) is 9.28. The predicted molar refractivity (Wildman–Crippen MR) is 99.5 cm³/mol. The molecule has 0 aromatic heterocycles. The van der Waals surface area contributed by atoms with Crippen molar-refractivity contribution >= 4 is 21.9 Å². The van der Waals surface area contributed by atoms with E-state index in [0.717, 1.165) is 0 Å². The fourth-order valence-corrected chi connectivity index (χ4v) is 5.50. The molecule has 27 heavy (non-hydrogen) atoms. The molecule has 8 heteroatoms. The maximum absolute atomic E-state index is 13.1. The first kappa shape index (κ1) is 19.8. The monoisotopic (exact) mass is 394 g/mol. The molecule has 148 valence electrons. The number of nitrogens with zero attached hydrogens (tertiary/aromatic N) is 2. The zero-order valence-electron chi connectivity index (χ0n) is 15.5. The van der Waals surface area contributed by atoms with Crippen LogP contribution in [0.5, 0.6) is 0 Å². The van der Waals surface area contributed by atoms with E-state index in [-0.39, 0.29) is 29.9 Å². The Morgan fingerprint density at radius 1 is 1.04 bits per heavy atom. The maximum Gasteiger partial charge on any atom is 0.308 e. The Labute approximate surface area is 160 Å². The Bertz CT molecular complexity index is 796. The highest BCUT2D eigenvalue weighted by Gasteiger charge is 2.39. The van der Waals surface area contributed by atoms with Crippen LogP contribution in [0.1, 0.15) is 32.6 Å². The number of sulfonamides is 1. The zero-order valence-corrected chi connectivity index (χ0v) is 16.3. The molecule has 0 bridgehead atoms. The van der Waals surface area contributed by atoms with Gasteiger partial charge in [-0.25, -0.2) is 8.42 Å². The molecular formula is C19H26N2O5S. The summed E-state index contributed by atoms with van der Waals surface area (Å²) in [6.07, 6.45) is 2.47. The summed E-state index contributed by atoms with van der Waals surface area (Å²) in [6.45, 7) is 2.68. The van der Waals surface area contributed by atoms with Gasteiger partial charge >= 0.3 is 5.97 Å². The first-order chi connectivity index (χ1) is 12.8. The van der Waals surface area contributed by atoms with Crippen LogP contribution in [0.4, 0.5) is 0 Å². The normalized spacial score (nSPS) is 27.3. The van der Waals surface area contributed by atoms with Crippen LogP contribution in [0.2, 0.25) is 0 Å². The van der Waals surface area contributed by atoms with Crippen molar-refractivity contribution < 1.29 is 23.1 Å². The first-order valence-corrected chi connectivity index (χ1v) is 10.8. The molecule has 3 unspecified atom stereocenters. The number of aliphatic carboxylic acids is 1. The topological polar surface area (TPSA) is 95.0 Å². The molecule has 2 fully saturated rings. The number of likely N-dealkylation sites (tertiary alicyclic amines) is 1. The quantitative estimate of drug-likeness (QED) is 0.840. The van der Waals surface area contributed by atoms with Gasteiger partial charge in [-0.15, -0.1) is 0 Å². The third kappa shape index (κ3) is 4.16.